The summed E-state index contributed by atoms with van der Waals surface area (Å²) in [6.45, 7) is 0. The van der Waals surface area contributed by atoms with Crippen molar-refractivity contribution in [1.82, 2.24) is 0 Å². The molecular weight excluding hydrogens is 266 g/mol. The molecule has 1 unspecified atom stereocenters. The fourth-order valence-electron chi connectivity index (χ4n) is 1.04. The topological polar surface area (TPSA) is 9.23 Å². The van der Waals surface area contributed by atoms with E-state index in [0.29, 0.717) is 22.2 Å². The number of hydrogen-bond donors (Lipinski definition) is 0. The predicted octanol–water partition coefficient (Wildman–Crippen LogP) is 4.32. The summed E-state index contributed by atoms with van der Waals surface area (Å²) in [5, 5.41) is 1.04. The van der Waals surface area contributed by atoms with Gasteiger partial charge in [-0.1, -0.05) is 46.4 Å². The van der Waals surface area contributed by atoms with Gasteiger partial charge in [-0.25, -0.2) is 0 Å². The van der Waals surface area contributed by atoms with Gasteiger partial charge in [0, 0.05) is 11.4 Å². The van der Waals surface area contributed by atoms with E-state index in [1.807, 2.05) is 0 Å². The molecule has 1 aliphatic rings. The van der Waals surface area contributed by atoms with Crippen molar-refractivity contribution in [2.45, 2.75) is 16.9 Å². The highest BCUT2D eigenvalue weighted by molar-refractivity contribution is 6.51. The first-order valence-corrected chi connectivity index (χ1v) is 5.50. The Morgan fingerprint density at radius 1 is 1.29 bits per heavy atom. The van der Waals surface area contributed by atoms with Gasteiger partial charge < -0.3 is 4.74 Å². The molecule has 1 aromatic rings. The molecular formula is C9H6Cl4O. The van der Waals surface area contributed by atoms with Gasteiger partial charge in [-0.3, -0.25) is 0 Å². The van der Waals surface area contributed by atoms with Gasteiger partial charge in [0.2, 0.25) is 0 Å². The van der Waals surface area contributed by atoms with Crippen molar-refractivity contribution >= 4 is 46.4 Å². The van der Waals surface area contributed by atoms with Gasteiger partial charge >= 0.3 is 0 Å². The van der Waals surface area contributed by atoms with Crippen molar-refractivity contribution in [1.29, 1.82) is 0 Å². The Kier molecular flexibility index (Phi) is 2.78. The number of benzene rings is 1. The lowest BCUT2D eigenvalue weighted by molar-refractivity contribution is 0.300. The first-order valence-electron chi connectivity index (χ1n) is 3.98. The van der Waals surface area contributed by atoms with Crippen molar-refractivity contribution in [2.75, 3.05) is 0 Å². The molecule has 1 nitrogen and oxygen atoms in total. The molecule has 0 amide bonds. The molecule has 0 heterocycles. The normalized spacial score (nSPS) is 23.3. The van der Waals surface area contributed by atoms with Gasteiger partial charge in [0.25, 0.3) is 0 Å². The van der Waals surface area contributed by atoms with Crippen LogP contribution in [0, 0.1) is 0 Å². The molecule has 0 saturated heterocycles. The Balaban J connectivity index is 2.11. The van der Waals surface area contributed by atoms with Crippen molar-refractivity contribution in [3.63, 3.8) is 0 Å². The third-order valence-corrected chi connectivity index (χ3v) is 3.26. The lowest BCUT2D eigenvalue weighted by Crippen LogP contribution is -2.05. The van der Waals surface area contributed by atoms with Crippen LogP contribution in [0.25, 0.3) is 0 Å². The number of ether oxygens (including phenoxy) is 1. The molecule has 1 fully saturated rings. The zero-order valence-corrected chi connectivity index (χ0v) is 9.96. The molecule has 1 aromatic carbocycles. The van der Waals surface area contributed by atoms with E-state index >= 15 is 0 Å². The van der Waals surface area contributed by atoms with Gasteiger partial charge in [0.15, 0.2) is 4.33 Å². The number of alkyl halides is 2. The Hall–Kier alpha value is 0.180. The summed E-state index contributed by atoms with van der Waals surface area (Å²) in [5.41, 5.74) is 0. The van der Waals surface area contributed by atoms with Crippen LogP contribution in [0.5, 0.6) is 5.75 Å². The maximum absolute atomic E-state index is 5.90. The fraction of sp³-hybridized carbons (Fsp3) is 0.333. The maximum atomic E-state index is 5.90. The molecule has 0 aliphatic heterocycles. The molecule has 0 radical (unpaired) electrons. The zero-order valence-electron chi connectivity index (χ0n) is 6.94. The van der Waals surface area contributed by atoms with E-state index in [4.69, 9.17) is 51.1 Å². The Morgan fingerprint density at radius 2 is 1.93 bits per heavy atom. The highest BCUT2D eigenvalue weighted by Crippen LogP contribution is 2.49. The van der Waals surface area contributed by atoms with E-state index in [9.17, 15) is 0 Å². The molecule has 2 rings (SSSR count). The minimum atomic E-state index is -0.761. The van der Waals surface area contributed by atoms with E-state index in [1.54, 1.807) is 18.2 Å². The van der Waals surface area contributed by atoms with E-state index in [1.165, 1.54) is 0 Å². The predicted molar refractivity (Wildman–Crippen MR) is 59.9 cm³/mol. The quantitative estimate of drug-likeness (QED) is 0.728. The summed E-state index contributed by atoms with van der Waals surface area (Å²) < 4.78 is 4.71. The minimum Gasteiger partial charge on any atom is -0.486 e. The highest BCUT2D eigenvalue weighted by Gasteiger charge is 2.54. The lowest BCUT2D eigenvalue weighted by Gasteiger charge is -2.07. The molecule has 1 aliphatic carbocycles. The SMILES string of the molecule is Clc1ccc(OC2CC2(Cl)Cl)c(Cl)c1. The average Bonchev–Trinajstić information content (AvgIpc) is 2.65. The van der Waals surface area contributed by atoms with Crippen LogP contribution in [0.15, 0.2) is 18.2 Å². The summed E-state index contributed by atoms with van der Waals surface area (Å²) in [4.78, 5) is 0. The molecule has 0 bridgehead atoms. The second-order valence-corrected chi connectivity index (χ2v) is 5.53. The average molecular weight is 272 g/mol. The maximum Gasteiger partial charge on any atom is 0.158 e. The second-order valence-electron chi connectivity index (χ2n) is 3.15. The summed E-state index contributed by atoms with van der Waals surface area (Å²) in [6, 6.07) is 5.02. The summed E-state index contributed by atoms with van der Waals surface area (Å²) in [7, 11) is 0. The second kappa shape index (κ2) is 3.64. The monoisotopic (exact) mass is 270 g/mol. The van der Waals surface area contributed by atoms with Gasteiger partial charge in [-0.15, -0.1) is 0 Å². The van der Waals surface area contributed by atoms with Gasteiger partial charge in [-0.05, 0) is 18.2 Å². The van der Waals surface area contributed by atoms with Crippen LogP contribution in [0.3, 0.4) is 0 Å². The van der Waals surface area contributed by atoms with E-state index < -0.39 is 4.33 Å². The molecule has 76 valence electrons. The van der Waals surface area contributed by atoms with Crippen LogP contribution >= 0.6 is 46.4 Å². The van der Waals surface area contributed by atoms with E-state index in [-0.39, 0.29) is 6.10 Å². The standard InChI is InChI=1S/C9H6Cl4O/c10-5-1-2-7(6(11)3-5)14-8-4-9(8,12)13/h1-3,8H,4H2. The number of hydrogen-bond acceptors (Lipinski definition) is 1. The third-order valence-electron chi connectivity index (χ3n) is 1.93. The third kappa shape index (κ3) is 2.22. The van der Waals surface area contributed by atoms with Crippen molar-refractivity contribution < 1.29 is 4.74 Å². The van der Waals surface area contributed by atoms with Crippen LogP contribution in [0.4, 0.5) is 0 Å². The summed E-state index contributed by atoms with van der Waals surface area (Å²) in [5.74, 6) is 0.559. The van der Waals surface area contributed by atoms with Crippen LogP contribution in [0.2, 0.25) is 10.0 Å². The van der Waals surface area contributed by atoms with Crippen LogP contribution in [-0.4, -0.2) is 10.4 Å². The van der Waals surface area contributed by atoms with Crippen molar-refractivity contribution in [3.05, 3.63) is 28.2 Å². The number of halogens is 4. The van der Waals surface area contributed by atoms with Crippen molar-refractivity contribution in [2.24, 2.45) is 0 Å². The van der Waals surface area contributed by atoms with Crippen LogP contribution in [0.1, 0.15) is 6.42 Å². The minimum absolute atomic E-state index is 0.176. The molecule has 1 saturated carbocycles. The highest BCUT2D eigenvalue weighted by atomic mass is 35.5. The van der Waals surface area contributed by atoms with Gasteiger partial charge in [0.1, 0.15) is 11.9 Å². The lowest BCUT2D eigenvalue weighted by atomic mass is 10.3. The Bertz CT molecular complexity index is 364. The van der Waals surface area contributed by atoms with Crippen molar-refractivity contribution in [3.8, 4) is 5.75 Å². The molecule has 5 heteroatoms. The van der Waals surface area contributed by atoms with Crippen LogP contribution in [-0.2, 0) is 0 Å². The Morgan fingerprint density at radius 3 is 2.43 bits per heavy atom. The smallest absolute Gasteiger partial charge is 0.158 e. The zero-order chi connectivity index (χ0) is 10.3. The summed E-state index contributed by atoms with van der Waals surface area (Å²) in [6.07, 6.45) is 0.444. The van der Waals surface area contributed by atoms with E-state index in [2.05, 4.69) is 0 Å². The van der Waals surface area contributed by atoms with Gasteiger partial charge in [-0.2, -0.15) is 0 Å². The molecule has 0 spiro atoms. The van der Waals surface area contributed by atoms with Crippen LogP contribution < -0.4 is 4.74 Å². The first-order chi connectivity index (χ1) is 6.49. The number of rotatable bonds is 2. The van der Waals surface area contributed by atoms with Gasteiger partial charge in [0.05, 0.1) is 5.02 Å². The first kappa shape index (κ1) is 10.7. The molecule has 0 N–H and O–H groups in total. The Labute approximate surface area is 102 Å². The molecule has 1 atom stereocenters. The molecule has 0 aromatic heterocycles. The largest absolute Gasteiger partial charge is 0.486 e. The summed E-state index contributed by atoms with van der Waals surface area (Å²) >= 11 is 23.3. The fourth-order valence-corrected chi connectivity index (χ4v) is 1.86. The van der Waals surface area contributed by atoms with E-state index in [0.717, 1.165) is 0 Å². The molecule has 14 heavy (non-hydrogen) atoms.